The third-order valence-electron chi connectivity index (χ3n) is 3.04. The number of benzene rings is 1. The molecule has 0 aliphatic carbocycles. The Kier molecular flexibility index (Phi) is 5.98. The first kappa shape index (κ1) is 17.7. The zero-order valence-electron chi connectivity index (χ0n) is 12.5. The van der Waals surface area contributed by atoms with Crippen LogP contribution in [-0.2, 0) is 4.79 Å². The SMILES string of the molecule is CC(C)N(CC(=O)Nc1nccs1)C(=O)c1ccc(Cl)cc1Cl. The third-order valence-corrected chi connectivity index (χ3v) is 4.27. The van der Waals surface area contributed by atoms with Crippen molar-refractivity contribution in [3.63, 3.8) is 0 Å². The van der Waals surface area contributed by atoms with Crippen LogP contribution < -0.4 is 5.32 Å². The van der Waals surface area contributed by atoms with E-state index in [4.69, 9.17) is 23.2 Å². The fourth-order valence-corrected chi connectivity index (χ4v) is 2.94. The van der Waals surface area contributed by atoms with E-state index >= 15 is 0 Å². The fraction of sp³-hybridized carbons (Fsp3) is 0.267. The van der Waals surface area contributed by atoms with Crippen LogP contribution in [0.25, 0.3) is 0 Å². The molecule has 0 unspecified atom stereocenters. The minimum atomic E-state index is -0.323. The number of anilines is 1. The van der Waals surface area contributed by atoms with Gasteiger partial charge < -0.3 is 10.2 Å². The normalized spacial score (nSPS) is 10.7. The summed E-state index contributed by atoms with van der Waals surface area (Å²) < 4.78 is 0. The van der Waals surface area contributed by atoms with Crippen LogP contribution in [0.3, 0.4) is 0 Å². The highest BCUT2D eigenvalue weighted by Gasteiger charge is 2.23. The molecule has 0 saturated heterocycles. The first-order valence-corrected chi connectivity index (χ1v) is 8.47. The van der Waals surface area contributed by atoms with E-state index in [9.17, 15) is 9.59 Å². The summed E-state index contributed by atoms with van der Waals surface area (Å²) in [4.78, 5) is 30.2. The van der Waals surface area contributed by atoms with Crippen molar-refractivity contribution >= 4 is 51.5 Å². The Balaban J connectivity index is 2.14. The van der Waals surface area contributed by atoms with Gasteiger partial charge in [-0.2, -0.15) is 0 Å². The van der Waals surface area contributed by atoms with Gasteiger partial charge in [-0.1, -0.05) is 23.2 Å². The maximum absolute atomic E-state index is 12.7. The second-order valence-electron chi connectivity index (χ2n) is 5.04. The number of carbonyl (C=O) groups excluding carboxylic acids is 2. The van der Waals surface area contributed by atoms with E-state index in [0.29, 0.717) is 15.7 Å². The summed E-state index contributed by atoms with van der Waals surface area (Å²) in [5.41, 5.74) is 0.312. The Morgan fingerprint density at radius 2 is 2.09 bits per heavy atom. The zero-order valence-corrected chi connectivity index (χ0v) is 14.9. The van der Waals surface area contributed by atoms with Crippen LogP contribution >= 0.6 is 34.5 Å². The minimum absolute atomic E-state index is 0.0883. The Morgan fingerprint density at radius 1 is 1.35 bits per heavy atom. The number of nitrogens with one attached hydrogen (secondary N) is 1. The molecule has 0 bridgehead atoms. The standard InChI is InChI=1S/C15H15Cl2N3O2S/c1-9(2)20(8-13(21)19-15-18-5-6-23-15)14(22)11-4-3-10(16)7-12(11)17/h3-7,9H,8H2,1-2H3,(H,18,19,21). The number of hydrogen-bond acceptors (Lipinski definition) is 4. The first-order chi connectivity index (χ1) is 10.9. The summed E-state index contributed by atoms with van der Waals surface area (Å²) in [5.74, 6) is -0.636. The largest absolute Gasteiger partial charge is 0.327 e. The highest BCUT2D eigenvalue weighted by Crippen LogP contribution is 2.23. The number of rotatable bonds is 5. The van der Waals surface area contributed by atoms with Gasteiger partial charge >= 0.3 is 0 Å². The van der Waals surface area contributed by atoms with Crippen LogP contribution in [0.5, 0.6) is 0 Å². The molecular weight excluding hydrogens is 357 g/mol. The van der Waals surface area contributed by atoms with E-state index in [-0.39, 0.29) is 29.4 Å². The second-order valence-corrected chi connectivity index (χ2v) is 6.77. The van der Waals surface area contributed by atoms with Crippen LogP contribution in [0.4, 0.5) is 5.13 Å². The predicted molar refractivity (Wildman–Crippen MR) is 93.4 cm³/mol. The van der Waals surface area contributed by atoms with Crippen molar-refractivity contribution in [1.82, 2.24) is 9.88 Å². The Hall–Kier alpha value is -1.63. The summed E-state index contributed by atoms with van der Waals surface area (Å²) >= 11 is 13.2. The lowest BCUT2D eigenvalue weighted by molar-refractivity contribution is -0.117. The molecule has 0 saturated carbocycles. The van der Waals surface area contributed by atoms with Gasteiger partial charge in [-0.25, -0.2) is 4.98 Å². The Bertz CT molecular complexity index is 705. The number of aromatic nitrogens is 1. The van der Waals surface area contributed by atoms with Gasteiger partial charge in [0.25, 0.3) is 5.91 Å². The molecule has 8 heteroatoms. The predicted octanol–water partition coefficient (Wildman–Crippen LogP) is 3.94. The lowest BCUT2D eigenvalue weighted by atomic mass is 10.1. The summed E-state index contributed by atoms with van der Waals surface area (Å²) in [6.07, 6.45) is 1.60. The lowest BCUT2D eigenvalue weighted by Crippen LogP contribution is -2.42. The molecule has 0 atom stereocenters. The van der Waals surface area contributed by atoms with E-state index in [1.54, 1.807) is 23.7 Å². The number of halogens is 2. The first-order valence-electron chi connectivity index (χ1n) is 6.84. The van der Waals surface area contributed by atoms with Gasteiger partial charge in [0.15, 0.2) is 5.13 Å². The molecule has 0 radical (unpaired) electrons. The Labute approximate surface area is 148 Å². The van der Waals surface area contributed by atoms with Gasteiger partial charge in [-0.15, -0.1) is 11.3 Å². The zero-order chi connectivity index (χ0) is 17.0. The van der Waals surface area contributed by atoms with E-state index in [0.717, 1.165) is 0 Å². The summed E-state index contributed by atoms with van der Waals surface area (Å²) in [5, 5.41) is 5.62. The van der Waals surface area contributed by atoms with Gasteiger partial charge in [0.05, 0.1) is 10.6 Å². The van der Waals surface area contributed by atoms with E-state index < -0.39 is 0 Å². The van der Waals surface area contributed by atoms with Crippen molar-refractivity contribution < 1.29 is 9.59 Å². The molecule has 122 valence electrons. The van der Waals surface area contributed by atoms with Crippen molar-refractivity contribution in [3.8, 4) is 0 Å². The molecule has 23 heavy (non-hydrogen) atoms. The van der Waals surface area contributed by atoms with Crippen molar-refractivity contribution in [2.45, 2.75) is 19.9 Å². The molecule has 2 amide bonds. The highest BCUT2D eigenvalue weighted by atomic mass is 35.5. The molecule has 1 N–H and O–H groups in total. The number of hydrogen-bond donors (Lipinski definition) is 1. The van der Waals surface area contributed by atoms with Crippen LogP contribution in [0.15, 0.2) is 29.8 Å². The quantitative estimate of drug-likeness (QED) is 0.865. The van der Waals surface area contributed by atoms with Gasteiger partial charge in [0, 0.05) is 22.6 Å². The van der Waals surface area contributed by atoms with Crippen LogP contribution in [0, 0.1) is 0 Å². The van der Waals surface area contributed by atoms with Crippen molar-refractivity contribution in [3.05, 3.63) is 45.4 Å². The van der Waals surface area contributed by atoms with Crippen LogP contribution in [0.1, 0.15) is 24.2 Å². The summed E-state index contributed by atoms with van der Waals surface area (Å²) in [6.45, 7) is 3.58. The van der Waals surface area contributed by atoms with Crippen LogP contribution in [-0.4, -0.2) is 34.3 Å². The molecule has 0 fully saturated rings. The number of nitrogens with zero attached hydrogens (tertiary/aromatic N) is 2. The molecular formula is C15H15Cl2N3O2S. The van der Waals surface area contributed by atoms with E-state index in [1.807, 2.05) is 13.8 Å². The summed E-state index contributed by atoms with van der Waals surface area (Å²) in [6, 6.07) is 4.48. The molecule has 2 aromatic rings. The fourth-order valence-electron chi connectivity index (χ4n) is 1.91. The van der Waals surface area contributed by atoms with E-state index in [1.165, 1.54) is 22.3 Å². The van der Waals surface area contributed by atoms with E-state index in [2.05, 4.69) is 10.3 Å². The average molecular weight is 372 g/mol. The second kappa shape index (κ2) is 7.77. The molecule has 5 nitrogen and oxygen atoms in total. The minimum Gasteiger partial charge on any atom is -0.327 e. The molecule has 0 aliphatic heterocycles. The van der Waals surface area contributed by atoms with Gasteiger partial charge in [0.1, 0.15) is 6.54 Å². The molecule has 0 spiro atoms. The average Bonchev–Trinajstić information content (AvgIpc) is 2.96. The monoisotopic (exact) mass is 371 g/mol. The molecule has 1 heterocycles. The molecule has 1 aromatic carbocycles. The smallest absolute Gasteiger partial charge is 0.256 e. The lowest BCUT2D eigenvalue weighted by Gasteiger charge is -2.26. The summed E-state index contributed by atoms with van der Waals surface area (Å²) in [7, 11) is 0. The van der Waals surface area contributed by atoms with Crippen molar-refractivity contribution in [2.24, 2.45) is 0 Å². The van der Waals surface area contributed by atoms with Gasteiger partial charge in [-0.05, 0) is 32.0 Å². The molecule has 2 rings (SSSR count). The Morgan fingerprint density at radius 3 is 2.65 bits per heavy atom. The topological polar surface area (TPSA) is 62.3 Å². The van der Waals surface area contributed by atoms with Gasteiger partial charge in [-0.3, -0.25) is 9.59 Å². The maximum atomic E-state index is 12.7. The molecule has 1 aromatic heterocycles. The number of thiazole rings is 1. The van der Waals surface area contributed by atoms with Crippen molar-refractivity contribution in [2.75, 3.05) is 11.9 Å². The number of carbonyl (C=O) groups is 2. The number of amides is 2. The van der Waals surface area contributed by atoms with Crippen molar-refractivity contribution in [1.29, 1.82) is 0 Å². The third kappa shape index (κ3) is 4.67. The van der Waals surface area contributed by atoms with Crippen LogP contribution in [0.2, 0.25) is 10.0 Å². The maximum Gasteiger partial charge on any atom is 0.256 e. The van der Waals surface area contributed by atoms with Gasteiger partial charge in [0.2, 0.25) is 5.91 Å². The molecule has 0 aliphatic rings. The highest BCUT2D eigenvalue weighted by molar-refractivity contribution is 7.13.